The van der Waals surface area contributed by atoms with Gasteiger partial charge in [0.15, 0.2) is 0 Å². The van der Waals surface area contributed by atoms with Crippen molar-refractivity contribution in [3.05, 3.63) is 88.5 Å². The molecule has 0 atom stereocenters. The van der Waals surface area contributed by atoms with Gasteiger partial charge in [-0.15, -0.1) is 0 Å². The van der Waals surface area contributed by atoms with Crippen LogP contribution >= 0.6 is 0 Å². The van der Waals surface area contributed by atoms with Gasteiger partial charge < -0.3 is 20.9 Å². The Kier molecular flexibility index (Phi) is 7.16. The molecule has 6 heteroatoms. The Morgan fingerprint density at radius 1 is 0.824 bits per heavy atom. The van der Waals surface area contributed by atoms with E-state index in [1.54, 1.807) is 6.07 Å². The average molecular weight is 457 g/mol. The average Bonchev–Trinajstić information content (AvgIpc) is 3.35. The molecule has 1 aliphatic heterocycles. The van der Waals surface area contributed by atoms with E-state index in [1.165, 1.54) is 11.1 Å². The Hall–Kier alpha value is -3.80. The van der Waals surface area contributed by atoms with Gasteiger partial charge in [0.2, 0.25) is 0 Å². The highest BCUT2D eigenvalue weighted by atomic mass is 16.2. The molecule has 176 valence electrons. The summed E-state index contributed by atoms with van der Waals surface area (Å²) in [5.41, 5.74) is 7.32. The lowest BCUT2D eigenvalue weighted by Gasteiger charge is -2.22. The first-order valence-corrected chi connectivity index (χ1v) is 11.8. The molecule has 6 nitrogen and oxygen atoms in total. The second-order valence-electron chi connectivity index (χ2n) is 8.97. The van der Waals surface area contributed by atoms with Crippen LogP contribution in [0.25, 0.3) is 0 Å². The molecule has 0 aromatic heterocycles. The quantitative estimate of drug-likeness (QED) is 0.440. The number of nitrogens with zero attached hydrogens (tertiary/aromatic N) is 1. The van der Waals surface area contributed by atoms with Crippen molar-refractivity contribution >= 4 is 29.0 Å². The van der Waals surface area contributed by atoms with E-state index in [9.17, 15) is 9.59 Å². The van der Waals surface area contributed by atoms with E-state index < -0.39 is 0 Å². The van der Waals surface area contributed by atoms with Gasteiger partial charge in [0.25, 0.3) is 5.91 Å². The molecule has 1 saturated heterocycles. The van der Waals surface area contributed by atoms with Crippen molar-refractivity contribution in [1.82, 2.24) is 5.32 Å². The van der Waals surface area contributed by atoms with Crippen molar-refractivity contribution in [1.29, 1.82) is 0 Å². The summed E-state index contributed by atoms with van der Waals surface area (Å²) < 4.78 is 0. The van der Waals surface area contributed by atoms with Crippen molar-refractivity contribution in [3.8, 4) is 0 Å². The molecule has 1 fully saturated rings. The molecule has 0 radical (unpaired) electrons. The molecule has 1 aliphatic rings. The predicted octanol–water partition coefficient (Wildman–Crippen LogP) is 5.79. The van der Waals surface area contributed by atoms with E-state index in [0.29, 0.717) is 17.8 Å². The number of benzene rings is 3. The second kappa shape index (κ2) is 10.4. The molecule has 34 heavy (non-hydrogen) atoms. The maximum Gasteiger partial charge on any atom is 0.323 e. The Morgan fingerprint density at radius 2 is 1.56 bits per heavy atom. The van der Waals surface area contributed by atoms with E-state index in [4.69, 9.17) is 0 Å². The van der Waals surface area contributed by atoms with Crippen LogP contribution < -0.4 is 20.9 Å². The van der Waals surface area contributed by atoms with Gasteiger partial charge >= 0.3 is 6.03 Å². The minimum absolute atomic E-state index is 0.175. The lowest BCUT2D eigenvalue weighted by Crippen LogP contribution is -2.26. The summed E-state index contributed by atoms with van der Waals surface area (Å²) in [6.45, 7) is 8.41. The van der Waals surface area contributed by atoms with Gasteiger partial charge in [0.05, 0.1) is 11.4 Å². The maximum absolute atomic E-state index is 12.9. The molecule has 3 aromatic rings. The number of amides is 3. The normalized spacial score (nSPS) is 13.0. The third-order valence-corrected chi connectivity index (χ3v) is 6.29. The summed E-state index contributed by atoms with van der Waals surface area (Å²) >= 11 is 0. The van der Waals surface area contributed by atoms with Crippen LogP contribution in [0.5, 0.6) is 0 Å². The summed E-state index contributed by atoms with van der Waals surface area (Å²) in [4.78, 5) is 27.9. The molecular weight excluding hydrogens is 424 g/mol. The van der Waals surface area contributed by atoms with Crippen molar-refractivity contribution < 1.29 is 9.59 Å². The highest BCUT2D eigenvalue weighted by Crippen LogP contribution is 2.30. The van der Waals surface area contributed by atoms with Crippen LogP contribution in [0.4, 0.5) is 21.9 Å². The van der Waals surface area contributed by atoms with Gasteiger partial charge in [0.1, 0.15) is 0 Å². The zero-order valence-corrected chi connectivity index (χ0v) is 20.1. The number of hydrogen-bond donors (Lipinski definition) is 3. The maximum atomic E-state index is 12.9. The summed E-state index contributed by atoms with van der Waals surface area (Å²) in [6, 6.07) is 19.1. The van der Waals surface area contributed by atoms with E-state index in [0.717, 1.165) is 48.4 Å². The molecule has 3 N–H and O–H groups in total. The third kappa shape index (κ3) is 5.76. The largest absolute Gasteiger partial charge is 0.370 e. The third-order valence-electron chi connectivity index (χ3n) is 6.29. The fourth-order valence-corrected chi connectivity index (χ4v) is 4.11. The lowest BCUT2D eigenvalue weighted by atomic mass is 10.1. The smallest absolute Gasteiger partial charge is 0.323 e. The van der Waals surface area contributed by atoms with E-state index >= 15 is 0 Å². The van der Waals surface area contributed by atoms with Crippen LogP contribution in [0, 0.1) is 20.8 Å². The van der Waals surface area contributed by atoms with Crippen molar-refractivity contribution in [2.24, 2.45) is 0 Å². The molecule has 3 aromatic carbocycles. The molecular formula is C28H32N4O2. The summed E-state index contributed by atoms with van der Waals surface area (Å²) in [5.74, 6) is -0.175. The fraction of sp³-hybridized carbons (Fsp3) is 0.286. The highest BCUT2D eigenvalue weighted by molar-refractivity contribution is 6.04. The van der Waals surface area contributed by atoms with Gasteiger partial charge in [-0.3, -0.25) is 4.79 Å². The van der Waals surface area contributed by atoms with Crippen LogP contribution in [0.2, 0.25) is 0 Å². The number of rotatable bonds is 6. The highest BCUT2D eigenvalue weighted by Gasteiger charge is 2.19. The van der Waals surface area contributed by atoms with E-state index in [-0.39, 0.29) is 11.9 Å². The topological polar surface area (TPSA) is 73.5 Å². The van der Waals surface area contributed by atoms with Gasteiger partial charge in [-0.25, -0.2) is 4.79 Å². The molecule has 0 unspecified atom stereocenters. The van der Waals surface area contributed by atoms with Crippen molar-refractivity contribution in [2.45, 2.75) is 40.2 Å². The lowest BCUT2D eigenvalue weighted by molar-refractivity contribution is 0.0951. The minimum atomic E-state index is -0.332. The van der Waals surface area contributed by atoms with Gasteiger partial charge in [0, 0.05) is 30.9 Å². The second-order valence-corrected chi connectivity index (χ2v) is 8.97. The molecule has 0 spiro atoms. The van der Waals surface area contributed by atoms with E-state index in [1.807, 2.05) is 75.4 Å². The minimum Gasteiger partial charge on any atom is -0.370 e. The van der Waals surface area contributed by atoms with Crippen LogP contribution in [0.3, 0.4) is 0 Å². The Labute approximate surface area is 201 Å². The molecule has 0 bridgehead atoms. The number of carbonyl (C=O) groups excluding carboxylic acids is 2. The number of urea groups is 1. The molecule has 0 saturated carbocycles. The van der Waals surface area contributed by atoms with Crippen LogP contribution in [0.1, 0.15) is 45.5 Å². The van der Waals surface area contributed by atoms with Gasteiger partial charge in [-0.1, -0.05) is 35.9 Å². The Morgan fingerprint density at radius 3 is 2.26 bits per heavy atom. The van der Waals surface area contributed by atoms with Crippen molar-refractivity contribution in [2.75, 3.05) is 28.6 Å². The van der Waals surface area contributed by atoms with Crippen LogP contribution in [-0.4, -0.2) is 25.0 Å². The molecule has 1 heterocycles. The SMILES string of the molecule is Cc1ccc(CNC(=O)c2ccc(N3CCCC3)c(NC(=O)Nc3ccc(C)c(C)c3)c2)cc1. The summed E-state index contributed by atoms with van der Waals surface area (Å²) in [5, 5.41) is 8.86. The first kappa shape index (κ1) is 23.4. The number of aryl methyl sites for hydroxylation is 3. The fourth-order valence-electron chi connectivity index (χ4n) is 4.11. The zero-order chi connectivity index (χ0) is 24.1. The first-order chi connectivity index (χ1) is 16.4. The summed E-state index contributed by atoms with van der Waals surface area (Å²) in [6.07, 6.45) is 2.24. The first-order valence-electron chi connectivity index (χ1n) is 11.8. The molecule has 4 rings (SSSR count). The number of hydrogen-bond acceptors (Lipinski definition) is 3. The Balaban J connectivity index is 1.50. The number of nitrogens with one attached hydrogen (secondary N) is 3. The molecule has 0 aliphatic carbocycles. The number of carbonyl (C=O) groups is 2. The monoisotopic (exact) mass is 456 g/mol. The van der Waals surface area contributed by atoms with E-state index in [2.05, 4.69) is 20.9 Å². The van der Waals surface area contributed by atoms with Crippen LogP contribution in [0.15, 0.2) is 60.7 Å². The van der Waals surface area contributed by atoms with Gasteiger partial charge in [-0.2, -0.15) is 0 Å². The van der Waals surface area contributed by atoms with Gasteiger partial charge in [-0.05, 0) is 80.6 Å². The number of anilines is 3. The van der Waals surface area contributed by atoms with Crippen molar-refractivity contribution in [3.63, 3.8) is 0 Å². The summed E-state index contributed by atoms with van der Waals surface area (Å²) in [7, 11) is 0. The predicted molar refractivity (Wildman–Crippen MR) is 139 cm³/mol. The molecule has 3 amide bonds. The standard InChI is InChI=1S/C28H32N4O2/c1-19-6-9-22(10-7-19)18-29-27(33)23-11-13-26(32-14-4-5-15-32)25(17-23)31-28(34)30-24-12-8-20(2)21(3)16-24/h6-13,16-17H,4-5,14-15,18H2,1-3H3,(H,29,33)(H2,30,31,34). The zero-order valence-electron chi connectivity index (χ0n) is 20.1. The van der Waals surface area contributed by atoms with Crippen LogP contribution in [-0.2, 0) is 6.54 Å². The Bertz CT molecular complexity index is 1180.